The molecule has 12 atom stereocenters. The Kier molecular flexibility index (Phi) is 22.4. The van der Waals surface area contributed by atoms with Crippen molar-refractivity contribution in [1.29, 1.82) is 0 Å². The Balaban J connectivity index is 2.25. The fourth-order valence-electron chi connectivity index (χ4n) is 8.64. The number of nitrogens with one attached hydrogen (secondary N) is 2. The Morgan fingerprint density at radius 3 is 1.94 bits per heavy atom. The van der Waals surface area contributed by atoms with Gasteiger partial charge in [0.25, 0.3) is 0 Å². The number of hydrogen-bond donors (Lipinski definition) is 8. The molecule has 0 saturated carbocycles. The number of benzene rings is 1. The number of likely N-dealkylation sites (tertiary alicyclic amines) is 1. The molecule has 1 heterocycles. The molecule has 18 heteroatoms. The Bertz CT molecular complexity index is 1570. The van der Waals surface area contributed by atoms with Crippen LogP contribution in [0, 0.1) is 23.7 Å². The van der Waals surface area contributed by atoms with Gasteiger partial charge in [0.15, 0.2) is 0 Å². The molecule has 0 aromatic heterocycles. The number of carbonyl (C=O) groups is 5. The summed E-state index contributed by atoms with van der Waals surface area (Å²) in [5, 5.41) is 56.6. The van der Waals surface area contributed by atoms with Gasteiger partial charge >= 0.3 is 5.97 Å². The first kappa shape index (κ1) is 54.4. The van der Waals surface area contributed by atoms with Crippen molar-refractivity contribution in [3.05, 3.63) is 35.9 Å². The summed E-state index contributed by atoms with van der Waals surface area (Å²) in [6, 6.07) is 4.85. The van der Waals surface area contributed by atoms with E-state index >= 15 is 0 Å². The molecule has 0 spiro atoms. The van der Waals surface area contributed by atoms with Gasteiger partial charge in [-0.2, -0.15) is 0 Å². The molecule has 62 heavy (non-hydrogen) atoms. The Morgan fingerprint density at radius 1 is 0.839 bits per heavy atom. The number of ether oxygens (including phenoxy) is 2. The van der Waals surface area contributed by atoms with E-state index in [1.54, 1.807) is 77.9 Å². The molecule has 0 bridgehead atoms. The molecule has 9 N–H and O–H groups in total. The van der Waals surface area contributed by atoms with Crippen molar-refractivity contribution >= 4 is 29.6 Å². The van der Waals surface area contributed by atoms with E-state index in [1.165, 1.54) is 24.0 Å². The molecule has 1 aromatic carbocycles. The molecule has 1 aromatic rings. The van der Waals surface area contributed by atoms with Crippen molar-refractivity contribution in [1.82, 2.24) is 25.3 Å². The first-order chi connectivity index (χ1) is 29.0. The lowest BCUT2D eigenvalue weighted by molar-refractivity contribution is -0.148. The van der Waals surface area contributed by atoms with E-state index in [0.29, 0.717) is 19.4 Å². The summed E-state index contributed by atoms with van der Waals surface area (Å²) >= 11 is 0. The van der Waals surface area contributed by atoms with Gasteiger partial charge in [-0.1, -0.05) is 78.8 Å². The van der Waals surface area contributed by atoms with Crippen molar-refractivity contribution in [3.8, 4) is 0 Å². The third kappa shape index (κ3) is 14.7. The standard InChI is InChI=1S/C44H76N6O12/c1-24(2)35(47-42(57)37(26(5)6)48(8)23-32(52)39(55)38(54)31(51)22-45)43(58)49(9)36(25(3)4)33(61-10)21-34(53)50-19-15-18-30(50)40(62-11)27(7)41(56)46-29(44(59)60)20-28-16-13-12-14-17-28/h12-14,16-17,24-27,29-33,35-40,51-52,54-55H,15,18-23,45H2,1-11H3,(H,46,56)(H,47,57)(H,59,60). The van der Waals surface area contributed by atoms with Gasteiger partial charge in [-0.25, -0.2) is 4.79 Å². The summed E-state index contributed by atoms with van der Waals surface area (Å²) in [7, 11) is 6.11. The summed E-state index contributed by atoms with van der Waals surface area (Å²) in [6.07, 6.45) is -6.77. The van der Waals surface area contributed by atoms with Gasteiger partial charge in [0.2, 0.25) is 23.6 Å². The zero-order valence-electron chi connectivity index (χ0n) is 38.5. The quantitative estimate of drug-likeness (QED) is 0.0601. The third-order valence-electron chi connectivity index (χ3n) is 12.1. The Hall–Kier alpha value is -3.75. The molecule has 4 amide bonds. The summed E-state index contributed by atoms with van der Waals surface area (Å²) in [5.41, 5.74) is 6.14. The van der Waals surface area contributed by atoms with Crippen LogP contribution in [0.1, 0.15) is 73.3 Å². The monoisotopic (exact) mass is 881 g/mol. The smallest absolute Gasteiger partial charge is 0.326 e. The number of amides is 4. The molecule has 1 saturated heterocycles. The van der Waals surface area contributed by atoms with Crippen molar-refractivity contribution in [2.24, 2.45) is 29.4 Å². The number of nitrogens with zero attached hydrogens (tertiary/aromatic N) is 3. The number of aliphatic carboxylic acids is 1. The molecule has 12 unspecified atom stereocenters. The maximum Gasteiger partial charge on any atom is 0.326 e. The van der Waals surface area contributed by atoms with Crippen molar-refractivity contribution in [2.45, 2.75) is 141 Å². The van der Waals surface area contributed by atoms with Crippen LogP contribution >= 0.6 is 0 Å². The Morgan fingerprint density at radius 2 is 1.44 bits per heavy atom. The SMILES string of the molecule is COC(CC(=O)N1CCCC1C(OC)C(C)C(=O)NC(Cc1ccccc1)C(=O)O)C(C(C)C)N(C)C(=O)C(NC(=O)C(C(C)C)N(C)CC(O)C(O)C(O)C(O)CN)C(C)C. The molecule has 354 valence electrons. The highest BCUT2D eigenvalue weighted by Gasteiger charge is 2.43. The van der Waals surface area contributed by atoms with E-state index in [2.05, 4.69) is 10.6 Å². The highest BCUT2D eigenvalue weighted by molar-refractivity contribution is 5.90. The van der Waals surface area contributed by atoms with Gasteiger partial charge in [0.1, 0.15) is 24.3 Å². The number of carboxylic acids is 1. The van der Waals surface area contributed by atoms with Crippen LogP contribution in [-0.4, -0.2) is 185 Å². The van der Waals surface area contributed by atoms with Crippen LogP contribution in [0.25, 0.3) is 0 Å². The fraction of sp³-hybridized carbons (Fsp3) is 0.750. The van der Waals surface area contributed by atoms with Crippen LogP contribution in [0.3, 0.4) is 0 Å². The third-order valence-corrected chi connectivity index (χ3v) is 12.1. The number of carbonyl (C=O) groups excluding carboxylic acids is 4. The molecule has 0 aliphatic carbocycles. The fourth-order valence-corrected chi connectivity index (χ4v) is 8.64. The van der Waals surface area contributed by atoms with Crippen LogP contribution in [-0.2, 0) is 39.9 Å². The largest absolute Gasteiger partial charge is 0.480 e. The maximum absolute atomic E-state index is 14.4. The van der Waals surface area contributed by atoms with Gasteiger partial charge in [-0.15, -0.1) is 0 Å². The molecule has 1 aliphatic heterocycles. The van der Waals surface area contributed by atoms with Gasteiger partial charge < -0.3 is 61.2 Å². The summed E-state index contributed by atoms with van der Waals surface area (Å²) in [4.78, 5) is 72.9. The normalized spacial score (nSPS) is 19.9. The van der Waals surface area contributed by atoms with Crippen molar-refractivity contribution in [2.75, 3.05) is 47.9 Å². The lowest BCUT2D eigenvalue weighted by Gasteiger charge is -2.40. The highest BCUT2D eigenvalue weighted by atomic mass is 16.5. The number of rotatable bonds is 26. The summed E-state index contributed by atoms with van der Waals surface area (Å²) in [5.74, 6) is -4.56. The predicted octanol–water partition coefficient (Wildman–Crippen LogP) is -0.172. The second-order valence-electron chi connectivity index (χ2n) is 17.7. The second kappa shape index (κ2) is 25.5. The second-order valence-corrected chi connectivity index (χ2v) is 17.7. The maximum atomic E-state index is 14.4. The van der Waals surface area contributed by atoms with E-state index < -0.39 is 96.4 Å². The average Bonchev–Trinajstić information content (AvgIpc) is 3.70. The van der Waals surface area contributed by atoms with Crippen molar-refractivity contribution in [3.63, 3.8) is 0 Å². The average molecular weight is 881 g/mol. The minimum atomic E-state index is -1.74. The molecule has 2 rings (SSSR count). The van der Waals surface area contributed by atoms with Crippen LogP contribution < -0.4 is 16.4 Å². The molecule has 1 fully saturated rings. The van der Waals surface area contributed by atoms with Gasteiger partial charge in [-0.3, -0.25) is 24.1 Å². The van der Waals surface area contributed by atoms with E-state index in [0.717, 1.165) is 5.56 Å². The first-order valence-electron chi connectivity index (χ1n) is 21.7. The van der Waals surface area contributed by atoms with Crippen LogP contribution in [0.5, 0.6) is 0 Å². The van der Waals surface area contributed by atoms with E-state index in [4.69, 9.17) is 15.2 Å². The molecular weight excluding hydrogens is 805 g/mol. The zero-order chi connectivity index (χ0) is 47.2. The molecular formula is C44H76N6O12. The van der Waals surface area contributed by atoms with E-state index in [-0.39, 0.29) is 49.6 Å². The molecule has 1 aliphatic rings. The van der Waals surface area contributed by atoms with Crippen LogP contribution in [0.2, 0.25) is 0 Å². The number of carboxylic acid groups (broad SMARTS) is 1. The number of hydrogen-bond acceptors (Lipinski definition) is 13. The van der Waals surface area contributed by atoms with Gasteiger partial charge in [0.05, 0.1) is 54.9 Å². The number of aliphatic hydroxyl groups is 4. The number of nitrogens with two attached hydrogens (primary N) is 1. The first-order valence-corrected chi connectivity index (χ1v) is 21.7. The lowest BCUT2D eigenvalue weighted by Crippen LogP contribution is -2.60. The molecule has 18 nitrogen and oxygen atoms in total. The van der Waals surface area contributed by atoms with E-state index in [9.17, 15) is 49.5 Å². The minimum absolute atomic E-state index is 0.0965. The summed E-state index contributed by atoms with van der Waals surface area (Å²) < 4.78 is 11.8. The number of methoxy groups -OCH3 is 2. The number of likely N-dealkylation sites (N-methyl/N-ethyl adjacent to an activating group) is 2. The van der Waals surface area contributed by atoms with Crippen LogP contribution in [0.4, 0.5) is 0 Å². The topological polar surface area (TPSA) is 265 Å². The predicted molar refractivity (Wildman–Crippen MR) is 232 cm³/mol. The van der Waals surface area contributed by atoms with E-state index in [1.807, 2.05) is 19.9 Å². The van der Waals surface area contributed by atoms with Gasteiger partial charge in [0, 0.05) is 47.3 Å². The minimum Gasteiger partial charge on any atom is -0.480 e. The number of aliphatic hydroxyl groups excluding tert-OH is 4. The highest BCUT2D eigenvalue weighted by Crippen LogP contribution is 2.29. The summed E-state index contributed by atoms with van der Waals surface area (Å²) in [6.45, 7) is 12.5. The Labute approximate surface area is 367 Å². The van der Waals surface area contributed by atoms with Crippen LogP contribution in [0.15, 0.2) is 30.3 Å². The zero-order valence-corrected chi connectivity index (χ0v) is 38.5. The van der Waals surface area contributed by atoms with Crippen molar-refractivity contribution < 1.29 is 59.0 Å². The lowest BCUT2D eigenvalue weighted by atomic mass is 9.91. The van der Waals surface area contributed by atoms with Gasteiger partial charge in [-0.05, 0) is 43.2 Å². The molecule has 0 radical (unpaired) electrons.